The highest BCUT2D eigenvalue weighted by atomic mass is 32.2. The van der Waals surface area contributed by atoms with Gasteiger partial charge in [0.1, 0.15) is 0 Å². The van der Waals surface area contributed by atoms with Crippen molar-refractivity contribution in [3.05, 3.63) is 76.6 Å². The van der Waals surface area contributed by atoms with Gasteiger partial charge in [-0.3, -0.25) is 9.10 Å². The van der Waals surface area contributed by atoms with E-state index in [1.54, 1.807) is 54.1 Å². The molecule has 4 rings (SSSR count). The Bertz CT molecular complexity index is 1330. The number of fused-ring (bicyclic) bond motifs is 1. The molecule has 1 aliphatic heterocycles. The number of Topliss-reactive ketones (excluding diaryl/α,β-unsaturated/α-hetero) is 1. The van der Waals surface area contributed by atoms with Crippen molar-refractivity contribution in [1.29, 1.82) is 0 Å². The Hall–Kier alpha value is -3.46. The first-order chi connectivity index (χ1) is 15.7. The average molecular weight is 468 g/mol. The maximum absolute atomic E-state index is 12.6. The molecule has 2 heterocycles. The molecular weight excluding hydrogens is 442 g/mol. The average Bonchev–Trinajstić information content (AvgIpc) is 3.39. The Labute approximate surface area is 192 Å². The van der Waals surface area contributed by atoms with Crippen LogP contribution in [0.3, 0.4) is 0 Å². The van der Waals surface area contributed by atoms with Crippen LogP contribution in [0, 0.1) is 13.8 Å². The monoisotopic (exact) mass is 467 g/mol. The second-order valence-corrected chi connectivity index (χ2v) is 10.1. The molecule has 0 saturated heterocycles. The number of benzene rings is 2. The Morgan fingerprint density at radius 1 is 1.03 bits per heavy atom. The molecule has 8 nitrogen and oxygen atoms in total. The largest absolute Gasteiger partial charge is 0.454 e. The third kappa shape index (κ3) is 4.54. The smallest absolute Gasteiger partial charge is 0.338 e. The maximum Gasteiger partial charge on any atom is 0.338 e. The predicted molar refractivity (Wildman–Crippen MR) is 125 cm³/mol. The van der Waals surface area contributed by atoms with Crippen LogP contribution in [0.25, 0.3) is 5.69 Å². The lowest BCUT2D eigenvalue weighted by Gasteiger charge is -2.18. The quantitative estimate of drug-likeness (QED) is 0.391. The minimum atomic E-state index is -3.35. The zero-order valence-electron chi connectivity index (χ0n) is 18.7. The Morgan fingerprint density at radius 2 is 1.73 bits per heavy atom. The van der Waals surface area contributed by atoms with E-state index in [-0.39, 0.29) is 11.5 Å². The van der Waals surface area contributed by atoms with Crippen LogP contribution in [-0.4, -0.2) is 48.9 Å². The predicted octanol–water partition coefficient (Wildman–Crippen LogP) is 3.24. The Kier molecular flexibility index (Phi) is 6.07. The molecule has 0 spiro atoms. The minimum Gasteiger partial charge on any atom is -0.454 e. The number of rotatable bonds is 7. The van der Waals surface area contributed by atoms with E-state index < -0.39 is 22.6 Å². The molecule has 0 aliphatic carbocycles. The van der Waals surface area contributed by atoms with E-state index in [0.717, 1.165) is 22.6 Å². The first-order valence-corrected chi connectivity index (χ1v) is 12.3. The van der Waals surface area contributed by atoms with Gasteiger partial charge >= 0.3 is 5.97 Å². The first kappa shape index (κ1) is 22.7. The highest BCUT2D eigenvalue weighted by molar-refractivity contribution is 7.92. The van der Waals surface area contributed by atoms with Crippen molar-refractivity contribution in [2.24, 2.45) is 0 Å². The number of aromatic nitrogens is 2. The molecule has 172 valence electrons. The molecule has 0 N–H and O–H groups in total. The van der Waals surface area contributed by atoms with Gasteiger partial charge in [-0.25, -0.2) is 17.9 Å². The van der Waals surface area contributed by atoms with Crippen LogP contribution in [0.15, 0.2) is 48.5 Å². The topological polar surface area (TPSA) is 98.6 Å². The van der Waals surface area contributed by atoms with Gasteiger partial charge in [0.2, 0.25) is 10.0 Å². The molecule has 0 fully saturated rings. The summed E-state index contributed by atoms with van der Waals surface area (Å²) in [5.74, 6) is -0.919. The van der Waals surface area contributed by atoms with E-state index in [9.17, 15) is 18.0 Å². The van der Waals surface area contributed by atoms with Gasteiger partial charge in [-0.05, 0) is 81.3 Å². The number of sulfonamides is 1. The summed E-state index contributed by atoms with van der Waals surface area (Å²) in [5, 5.41) is 4.42. The molecule has 0 atom stereocenters. The molecule has 0 saturated carbocycles. The molecular formula is C24H25N3O5S. The summed E-state index contributed by atoms with van der Waals surface area (Å²) in [6.07, 6.45) is 0.539. The molecule has 0 unspecified atom stereocenters. The van der Waals surface area contributed by atoms with Gasteiger partial charge in [0, 0.05) is 17.8 Å². The summed E-state index contributed by atoms with van der Waals surface area (Å²) in [7, 11) is -3.35. The van der Waals surface area contributed by atoms with Gasteiger partial charge in [0.15, 0.2) is 12.4 Å². The first-order valence-electron chi connectivity index (χ1n) is 10.7. The summed E-state index contributed by atoms with van der Waals surface area (Å²) in [6.45, 7) is 5.44. The number of nitrogens with zero attached hydrogens (tertiary/aromatic N) is 3. The van der Waals surface area contributed by atoms with Crippen molar-refractivity contribution in [2.75, 3.05) is 23.2 Å². The summed E-state index contributed by atoms with van der Waals surface area (Å²) in [6, 6.07) is 13.7. The van der Waals surface area contributed by atoms with Crippen LogP contribution in [0.1, 0.15) is 44.6 Å². The van der Waals surface area contributed by atoms with Crippen LogP contribution in [0.2, 0.25) is 0 Å². The highest BCUT2D eigenvalue weighted by Gasteiger charge is 2.28. The third-order valence-corrected chi connectivity index (χ3v) is 7.43. The normalized spacial score (nSPS) is 13.1. The van der Waals surface area contributed by atoms with Gasteiger partial charge in [-0.15, -0.1) is 0 Å². The van der Waals surface area contributed by atoms with E-state index >= 15 is 0 Å². The fourth-order valence-corrected chi connectivity index (χ4v) is 5.08. The minimum absolute atomic E-state index is 0.0191. The maximum atomic E-state index is 12.6. The van der Waals surface area contributed by atoms with Gasteiger partial charge in [-0.2, -0.15) is 5.10 Å². The molecule has 1 aromatic heterocycles. The Morgan fingerprint density at radius 3 is 2.36 bits per heavy atom. The molecule has 0 amide bonds. The molecule has 3 aromatic rings. The zero-order chi connectivity index (χ0) is 23.8. The van der Waals surface area contributed by atoms with E-state index in [4.69, 9.17) is 4.74 Å². The van der Waals surface area contributed by atoms with Crippen molar-refractivity contribution < 1.29 is 22.7 Å². The fourth-order valence-electron chi connectivity index (χ4n) is 3.92. The number of carbonyl (C=O) groups excluding carboxylic acids is 2. The summed E-state index contributed by atoms with van der Waals surface area (Å²) >= 11 is 0. The van der Waals surface area contributed by atoms with Gasteiger partial charge < -0.3 is 4.74 Å². The summed E-state index contributed by atoms with van der Waals surface area (Å²) < 4.78 is 32.8. The molecule has 0 bridgehead atoms. The van der Waals surface area contributed by atoms with Crippen molar-refractivity contribution in [2.45, 2.75) is 27.2 Å². The number of hydrogen-bond acceptors (Lipinski definition) is 6. The van der Waals surface area contributed by atoms with Crippen LogP contribution in [0.5, 0.6) is 0 Å². The number of hydrogen-bond donors (Lipinski definition) is 0. The molecule has 9 heteroatoms. The van der Waals surface area contributed by atoms with Crippen molar-refractivity contribution in [1.82, 2.24) is 9.78 Å². The number of esters is 1. The van der Waals surface area contributed by atoms with Crippen molar-refractivity contribution in [3.63, 3.8) is 0 Å². The number of ether oxygens (including phenoxy) is 1. The summed E-state index contributed by atoms with van der Waals surface area (Å²) in [4.78, 5) is 25.0. The van der Waals surface area contributed by atoms with Gasteiger partial charge in [0.05, 0.1) is 28.4 Å². The molecule has 2 aromatic carbocycles. The van der Waals surface area contributed by atoms with Crippen LogP contribution in [-0.2, 0) is 21.2 Å². The van der Waals surface area contributed by atoms with E-state index in [2.05, 4.69) is 5.10 Å². The standard InChI is InChI=1S/C24H25N3O5S/c1-4-33(30,31)26-12-11-19-14-20(7-10-22(19)26)23(28)15-32-24(29)18-5-8-21(9-6-18)27-17(3)13-16(2)25-27/h5-10,13-14H,4,11-12,15H2,1-3H3. The fraction of sp³-hybridized carbons (Fsp3) is 0.292. The van der Waals surface area contributed by atoms with Crippen LogP contribution < -0.4 is 4.31 Å². The van der Waals surface area contributed by atoms with E-state index in [1.165, 1.54) is 4.31 Å². The SMILES string of the molecule is CCS(=O)(=O)N1CCc2cc(C(=O)COC(=O)c3ccc(-n4nc(C)cc4C)cc3)ccc21. The van der Waals surface area contributed by atoms with Crippen LogP contribution >= 0.6 is 0 Å². The lowest BCUT2D eigenvalue weighted by molar-refractivity contribution is 0.0475. The van der Waals surface area contributed by atoms with Gasteiger partial charge in [-0.1, -0.05) is 0 Å². The van der Waals surface area contributed by atoms with E-state index in [0.29, 0.717) is 29.8 Å². The lowest BCUT2D eigenvalue weighted by atomic mass is 10.1. The van der Waals surface area contributed by atoms with Gasteiger partial charge in [0.25, 0.3) is 0 Å². The van der Waals surface area contributed by atoms with Crippen LogP contribution in [0.4, 0.5) is 5.69 Å². The molecule has 0 radical (unpaired) electrons. The Balaban J connectivity index is 1.40. The second kappa shape index (κ2) is 8.82. The number of aryl methyl sites for hydroxylation is 2. The molecule has 33 heavy (non-hydrogen) atoms. The number of ketones is 1. The summed E-state index contributed by atoms with van der Waals surface area (Å²) in [5.41, 5.74) is 4.83. The number of carbonyl (C=O) groups is 2. The number of anilines is 1. The second-order valence-electron chi connectivity index (χ2n) is 7.95. The van der Waals surface area contributed by atoms with Crippen molar-refractivity contribution in [3.8, 4) is 5.69 Å². The lowest BCUT2D eigenvalue weighted by Crippen LogP contribution is -2.30. The highest BCUT2D eigenvalue weighted by Crippen LogP contribution is 2.31. The zero-order valence-corrected chi connectivity index (χ0v) is 19.6. The third-order valence-electron chi connectivity index (χ3n) is 5.65. The molecule has 1 aliphatic rings. The van der Waals surface area contributed by atoms with Crippen molar-refractivity contribution >= 4 is 27.5 Å². The van der Waals surface area contributed by atoms with E-state index in [1.807, 2.05) is 19.9 Å².